The van der Waals surface area contributed by atoms with Gasteiger partial charge in [0.05, 0.1) is 37.5 Å². The number of fused-ring (bicyclic) bond motifs is 1. The lowest BCUT2D eigenvalue weighted by atomic mass is 10.0. The average molecular weight is 422 g/mol. The van der Waals surface area contributed by atoms with Crippen LogP contribution in [0.1, 0.15) is 5.56 Å². The summed E-state index contributed by atoms with van der Waals surface area (Å²) in [5, 5.41) is 22.8. The monoisotopic (exact) mass is 422 g/mol. The third-order valence-corrected chi connectivity index (χ3v) is 5.10. The molecule has 1 saturated heterocycles. The van der Waals surface area contributed by atoms with Crippen LogP contribution in [-0.2, 0) is 15.9 Å². The number of benzene rings is 2. The molecule has 0 amide bonds. The number of aliphatic hydroxyl groups excluding tert-OH is 2. The van der Waals surface area contributed by atoms with Gasteiger partial charge in [-0.15, -0.1) is 0 Å². The fraction of sp³-hybridized carbons (Fsp3) is 0.333. The summed E-state index contributed by atoms with van der Waals surface area (Å²) in [6.45, 7) is 0.451. The highest BCUT2D eigenvalue weighted by Crippen LogP contribution is 2.33. The van der Waals surface area contributed by atoms with Crippen LogP contribution in [0.4, 0.5) is 13.2 Å². The normalized spacial score (nSPS) is 20.2. The molecule has 4 rings (SSSR count). The summed E-state index contributed by atoms with van der Waals surface area (Å²) >= 11 is 0. The Hall–Kier alpha value is -2.43. The third-order valence-electron chi connectivity index (χ3n) is 5.10. The number of aliphatic hydroxyl groups is 2. The Morgan fingerprint density at radius 1 is 1.13 bits per heavy atom. The highest BCUT2D eigenvalue weighted by molar-refractivity contribution is 5.91. The fourth-order valence-electron chi connectivity index (χ4n) is 3.60. The minimum atomic E-state index is -1.35. The van der Waals surface area contributed by atoms with Gasteiger partial charge in [0.1, 0.15) is 17.5 Å². The van der Waals surface area contributed by atoms with E-state index in [0.29, 0.717) is 22.2 Å². The number of H-pyrrole nitrogens is 1. The zero-order valence-electron chi connectivity index (χ0n) is 15.9. The second-order valence-electron chi connectivity index (χ2n) is 7.15. The number of hydrogen-bond acceptors (Lipinski definition) is 5. The molecule has 4 N–H and O–H groups in total. The van der Waals surface area contributed by atoms with Gasteiger partial charge < -0.3 is 24.7 Å². The zero-order chi connectivity index (χ0) is 21.3. The van der Waals surface area contributed by atoms with Crippen molar-refractivity contribution in [1.29, 1.82) is 0 Å². The van der Waals surface area contributed by atoms with Gasteiger partial charge in [-0.3, -0.25) is 5.32 Å². The van der Waals surface area contributed by atoms with Gasteiger partial charge in [0.2, 0.25) is 6.41 Å². The number of rotatable bonds is 7. The van der Waals surface area contributed by atoms with Crippen LogP contribution in [0.15, 0.2) is 36.4 Å². The average Bonchev–Trinajstić information content (AvgIpc) is 3.26. The third kappa shape index (κ3) is 4.35. The second kappa shape index (κ2) is 8.75. The maximum atomic E-state index is 14.3. The lowest BCUT2D eigenvalue weighted by Gasteiger charge is -2.20. The molecule has 160 valence electrons. The molecule has 0 radical (unpaired) electrons. The summed E-state index contributed by atoms with van der Waals surface area (Å²) in [6.07, 6.45) is -1.87. The number of aromatic nitrogens is 1. The maximum Gasteiger partial charge on any atom is 0.213 e. The standard InChI is InChI=1S/C21H21F3N2O4/c22-12-3-1-11(2-4-12)19-14(15-7-13(23)8-16(24)20(15)26-19)5-6-30-21(28)25-17-9-29-10-18(17)27/h1-4,7-8,17-18,21,25-28H,5-6,9-10H2/t17-,18-,21?/m0/s1. The van der Waals surface area contributed by atoms with Crippen molar-refractivity contribution in [3.05, 3.63) is 59.4 Å². The first kappa shape index (κ1) is 20.8. The maximum absolute atomic E-state index is 14.3. The smallest absolute Gasteiger partial charge is 0.213 e. The highest BCUT2D eigenvalue weighted by Gasteiger charge is 2.28. The van der Waals surface area contributed by atoms with Crippen molar-refractivity contribution in [2.45, 2.75) is 25.0 Å². The zero-order valence-corrected chi connectivity index (χ0v) is 15.9. The summed E-state index contributed by atoms with van der Waals surface area (Å²) in [5.74, 6) is -1.87. The summed E-state index contributed by atoms with van der Waals surface area (Å²) in [5.41, 5.74) is 1.83. The SMILES string of the molecule is OC(N[C@H]1COC[C@@H]1O)OCCc1c(-c2ccc(F)cc2)[nH]c2c(F)cc(F)cc12. The fourth-order valence-corrected chi connectivity index (χ4v) is 3.60. The molecule has 3 atom stereocenters. The first-order valence-corrected chi connectivity index (χ1v) is 9.49. The van der Waals surface area contributed by atoms with Crippen molar-refractivity contribution in [3.63, 3.8) is 0 Å². The Bertz CT molecular complexity index is 1030. The van der Waals surface area contributed by atoms with Crippen LogP contribution in [0.3, 0.4) is 0 Å². The van der Waals surface area contributed by atoms with E-state index in [0.717, 1.165) is 6.07 Å². The van der Waals surface area contributed by atoms with Crippen molar-refractivity contribution < 1.29 is 32.9 Å². The number of hydrogen-bond donors (Lipinski definition) is 4. The lowest BCUT2D eigenvalue weighted by Crippen LogP contribution is -2.46. The molecular formula is C21H21F3N2O4. The first-order chi connectivity index (χ1) is 14.4. The Labute approximate surface area is 170 Å². The summed E-state index contributed by atoms with van der Waals surface area (Å²) in [6, 6.07) is 7.19. The van der Waals surface area contributed by atoms with Gasteiger partial charge in [0.15, 0.2) is 0 Å². The predicted octanol–water partition coefficient (Wildman–Crippen LogP) is 2.44. The summed E-state index contributed by atoms with van der Waals surface area (Å²) in [7, 11) is 0. The summed E-state index contributed by atoms with van der Waals surface area (Å²) in [4.78, 5) is 2.95. The van der Waals surface area contributed by atoms with Crippen LogP contribution in [0.5, 0.6) is 0 Å². The molecule has 30 heavy (non-hydrogen) atoms. The second-order valence-corrected chi connectivity index (χ2v) is 7.15. The molecular weight excluding hydrogens is 401 g/mol. The quantitative estimate of drug-likeness (QED) is 0.440. The molecule has 0 saturated carbocycles. The van der Waals surface area contributed by atoms with Gasteiger partial charge in [0.25, 0.3) is 0 Å². The van der Waals surface area contributed by atoms with Crippen molar-refractivity contribution in [2.75, 3.05) is 19.8 Å². The number of ether oxygens (including phenoxy) is 2. The molecule has 1 unspecified atom stereocenters. The van der Waals surface area contributed by atoms with Gasteiger partial charge in [-0.1, -0.05) is 0 Å². The molecule has 1 aromatic heterocycles. The number of aromatic amines is 1. The molecule has 1 aliphatic heterocycles. The van der Waals surface area contributed by atoms with Gasteiger partial charge in [-0.2, -0.15) is 0 Å². The van der Waals surface area contributed by atoms with E-state index in [2.05, 4.69) is 10.3 Å². The van der Waals surface area contributed by atoms with E-state index < -0.39 is 36.0 Å². The van der Waals surface area contributed by atoms with Crippen LogP contribution in [0.25, 0.3) is 22.2 Å². The number of halogens is 3. The molecule has 2 heterocycles. The lowest BCUT2D eigenvalue weighted by molar-refractivity contribution is -0.129. The Morgan fingerprint density at radius 3 is 2.60 bits per heavy atom. The van der Waals surface area contributed by atoms with E-state index in [1.807, 2.05) is 0 Å². The van der Waals surface area contributed by atoms with E-state index in [4.69, 9.17) is 9.47 Å². The molecule has 0 bridgehead atoms. The molecule has 2 aromatic carbocycles. The van der Waals surface area contributed by atoms with Gasteiger partial charge >= 0.3 is 0 Å². The predicted molar refractivity (Wildman–Crippen MR) is 103 cm³/mol. The Morgan fingerprint density at radius 2 is 1.90 bits per heavy atom. The van der Waals surface area contributed by atoms with Crippen molar-refractivity contribution in [1.82, 2.24) is 10.3 Å². The van der Waals surface area contributed by atoms with Crippen molar-refractivity contribution in [3.8, 4) is 11.3 Å². The molecule has 6 nitrogen and oxygen atoms in total. The van der Waals surface area contributed by atoms with Crippen LogP contribution < -0.4 is 5.32 Å². The van der Waals surface area contributed by atoms with Crippen LogP contribution in [0, 0.1) is 17.5 Å². The van der Waals surface area contributed by atoms with Crippen LogP contribution >= 0.6 is 0 Å². The van der Waals surface area contributed by atoms with Crippen LogP contribution in [0.2, 0.25) is 0 Å². The first-order valence-electron chi connectivity index (χ1n) is 9.49. The topological polar surface area (TPSA) is 86.7 Å². The molecule has 9 heteroatoms. The number of nitrogens with one attached hydrogen (secondary N) is 2. The van der Waals surface area contributed by atoms with E-state index in [9.17, 15) is 23.4 Å². The molecule has 1 fully saturated rings. The Kier molecular flexibility index (Phi) is 6.07. The molecule has 0 aliphatic carbocycles. The van der Waals surface area contributed by atoms with Crippen molar-refractivity contribution in [2.24, 2.45) is 0 Å². The van der Waals surface area contributed by atoms with Crippen LogP contribution in [-0.4, -0.2) is 53.6 Å². The molecule has 3 aromatic rings. The Balaban J connectivity index is 1.55. The van der Waals surface area contributed by atoms with Crippen molar-refractivity contribution >= 4 is 10.9 Å². The molecule has 0 spiro atoms. The summed E-state index contributed by atoms with van der Waals surface area (Å²) < 4.78 is 51.9. The largest absolute Gasteiger partial charge is 0.389 e. The van der Waals surface area contributed by atoms with Gasteiger partial charge in [-0.25, -0.2) is 13.2 Å². The van der Waals surface area contributed by atoms with E-state index in [1.54, 1.807) is 0 Å². The highest BCUT2D eigenvalue weighted by atomic mass is 19.1. The van der Waals surface area contributed by atoms with Gasteiger partial charge in [0, 0.05) is 17.1 Å². The minimum absolute atomic E-state index is 0.0249. The van der Waals surface area contributed by atoms with E-state index in [-0.39, 0.29) is 31.8 Å². The van der Waals surface area contributed by atoms with E-state index >= 15 is 0 Å². The van der Waals surface area contributed by atoms with E-state index in [1.165, 1.54) is 30.3 Å². The van der Waals surface area contributed by atoms with Gasteiger partial charge in [-0.05, 0) is 47.9 Å². The molecule has 1 aliphatic rings. The minimum Gasteiger partial charge on any atom is -0.389 e.